The monoisotopic (exact) mass is 545 g/mol. The van der Waals surface area contributed by atoms with Gasteiger partial charge in [-0.25, -0.2) is 4.79 Å². The van der Waals surface area contributed by atoms with Gasteiger partial charge in [-0.3, -0.25) is 4.79 Å². The topological polar surface area (TPSA) is 55.4 Å². The SMILES string of the molecule is CCOC(=O)c1c(NC(=O)C(F)(F)C(F)(F)C(F)(F)C(F)(F)C(F)(F)C(F)(F)F)sc(C)c1C. The maximum absolute atomic E-state index is 14.0. The van der Waals surface area contributed by atoms with E-state index < -0.39 is 58.2 Å². The predicted octanol–water partition coefficient (Wildman–Crippen LogP) is 6.22. The molecule has 0 aliphatic heterocycles. The predicted molar refractivity (Wildman–Crippen MR) is 89.2 cm³/mol. The average Bonchev–Trinajstić information content (AvgIpc) is 2.93. The molecular formula is C16H12F13NO3S. The summed E-state index contributed by atoms with van der Waals surface area (Å²) in [5.41, 5.74) is -0.770. The molecule has 18 heteroatoms. The van der Waals surface area contributed by atoms with Gasteiger partial charge < -0.3 is 10.1 Å². The molecule has 1 heterocycles. The molecule has 1 amide bonds. The van der Waals surface area contributed by atoms with Gasteiger partial charge in [-0.05, 0) is 26.3 Å². The molecule has 0 fully saturated rings. The normalized spacial score (nSPS) is 14.2. The Morgan fingerprint density at radius 1 is 0.794 bits per heavy atom. The molecule has 0 aromatic carbocycles. The second kappa shape index (κ2) is 8.75. The molecule has 1 rings (SSSR count). The molecular weight excluding hydrogens is 533 g/mol. The van der Waals surface area contributed by atoms with Crippen LogP contribution in [0.3, 0.4) is 0 Å². The van der Waals surface area contributed by atoms with Crippen LogP contribution in [0, 0.1) is 13.8 Å². The van der Waals surface area contributed by atoms with Gasteiger partial charge in [0.25, 0.3) is 0 Å². The molecule has 4 nitrogen and oxygen atoms in total. The Morgan fingerprint density at radius 3 is 1.65 bits per heavy atom. The molecule has 1 N–H and O–H groups in total. The molecule has 0 radical (unpaired) electrons. The van der Waals surface area contributed by atoms with Gasteiger partial charge >= 0.3 is 47.7 Å². The number of rotatable bonds is 8. The van der Waals surface area contributed by atoms with E-state index >= 15 is 0 Å². The zero-order chi connectivity index (χ0) is 27.3. The van der Waals surface area contributed by atoms with Gasteiger partial charge in [0.2, 0.25) is 0 Å². The zero-order valence-electron chi connectivity index (χ0n) is 16.8. The molecule has 196 valence electrons. The molecule has 1 aromatic rings. The Kier molecular flexibility index (Phi) is 7.66. The third-order valence-electron chi connectivity index (χ3n) is 4.31. The average molecular weight is 545 g/mol. The van der Waals surface area contributed by atoms with E-state index in [1.807, 2.05) is 0 Å². The third kappa shape index (κ3) is 4.28. The second-order valence-corrected chi connectivity index (χ2v) is 7.76. The van der Waals surface area contributed by atoms with Gasteiger partial charge in [-0.1, -0.05) is 0 Å². The molecule has 0 aliphatic rings. The van der Waals surface area contributed by atoms with Gasteiger partial charge in [0.05, 0.1) is 12.2 Å². The minimum atomic E-state index is -8.13. The van der Waals surface area contributed by atoms with Crippen LogP contribution in [0.4, 0.5) is 62.1 Å². The van der Waals surface area contributed by atoms with Crippen LogP contribution >= 0.6 is 11.3 Å². The van der Waals surface area contributed by atoms with Crippen LogP contribution in [0.1, 0.15) is 27.7 Å². The Labute approximate surface area is 185 Å². The number of anilines is 1. The van der Waals surface area contributed by atoms with E-state index in [4.69, 9.17) is 0 Å². The highest BCUT2D eigenvalue weighted by Crippen LogP contribution is 2.60. The highest BCUT2D eigenvalue weighted by atomic mass is 32.1. The number of carbonyl (C=O) groups excluding carboxylic acids is 2. The number of hydrogen-bond donors (Lipinski definition) is 1. The van der Waals surface area contributed by atoms with E-state index in [0.717, 1.165) is 12.2 Å². The van der Waals surface area contributed by atoms with E-state index in [0.29, 0.717) is 0 Å². The standard InChI is InChI=1S/C16H12F13NO3S/c1-4-33-9(31)7-5(2)6(3)34-8(7)30-10(32)11(17,18)12(19,20)13(21,22)14(23,24)15(25,26)16(27,28)29/h4H2,1-3H3,(H,30,32). The Bertz CT molecular complexity index is 953. The van der Waals surface area contributed by atoms with Crippen LogP contribution < -0.4 is 5.32 Å². The minimum absolute atomic E-state index is 0.0597. The number of ether oxygens (including phenoxy) is 1. The maximum atomic E-state index is 14.0. The van der Waals surface area contributed by atoms with Crippen molar-refractivity contribution in [3.05, 3.63) is 16.0 Å². The van der Waals surface area contributed by atoms with Crippen molar-refractivity contribution in [1.29, 1.82) is 0 Å². The fourth-order valence-electron chi connectivity index (χ4n) is 2.26. The molecule has 0 aliphatic carbocycles. The Morgan fingerprint density at radius 2 is 1.24 bits per heavy atom. The van der Waals surface area contributed by atoms with Crippen LogP contribution in [0.5, 0.6) is 0 Å². The number of aryl methyl sites for hydroxylation is 1. The van der Waals surface area contributed by atoms with Crippen molar-refractivity contribution in [2.45, 2.75) is 56.6 Å². The number of amides is 1. The van der Waals surface area contributed by atoms with Gasteiger partial charge in [-0.2, -0.15) is 57.1 Å². The Balaban J connectivity index is 3.51. The van der Waals surface area contributed by atoms with E-state index in [9.17, 15) is 66.7 Å². The van der Waals surface area contributed by atoms with Crippen molar-refractivity contribution >= 4 is 28.2 Å². The molecule has 34 heavy (non-hydrogen) atoms. The van der Waals surface area contributed by atoms with E-state index in [2.05, 4.69) is 4.74 Å². The largest absolute Gasteiger partial charge is 0.462 e. The number of esters is 1. The molecule has 0 saturated carbocycles. The summed E-state index contributed by atoms with van der Waals surface area (Å²) in [6.45, 7) is 3.34. The molecule has 1 aromatic heterocycles. The number of thiophene rings is 1. The van der Waals surface area contributed by atoms with Crippen LogP contribution in [0.2, 0.25) is 0 Å². The highest BCUT2D eigenvalue weighted by Gasteiger charge is 2.91. The number of carbonyl (C=O) groups is 2. The summed E-state index contributed by atoms with van der Waals surface area (Å²) in [6.07, 6.45) is -7.56. The van der Waals surface area contributed by atoms with Crippen molar-refractivity contribution in [2.75, 3.05) is 11.9 Å². The summed E-state index contributed by atoms with van der Waals surface area (Å²) in [5, 5.41) is -0.0845. The minimum Gasteiger partial charge on any atom is -0.462 e. The molecule has 0 spiro atoms. The van der Waals surface area contributed by atoms with Crippen LogP contribution in [-0.4, -0.2) is 54.3 Å². The molecule has 0 unspecified atom stereocenters. The quantitative estimate of drug-likeness (QED) is 0.312. The van der Waals surface area contributed by atoms with E-state index in [1.54, 1.807) is 0 Å². The number of alkyl halides is 13. The van der Waals surface area contributed by atoms with Crippen molar-refractivity contribution in [1.82, 2.24) is 0 Å². The first-order chi connectivity index (χ1) is 14.9. The summed E-state index contributed by atoms with van der Waals surface area (Å²) in [7, 11) is 0. The summed E-state index contributed by atoms with van der Waals surface area (Å²) >= 11 is 0.255. The zero-order valence-corrected chi connectivity index (χ0v) is 17.6. The fraction of sp³-hybridized carbons (Fsp3) is 0.625. The lowest BCUT2D eigenvalue weighted by molar-refractivity contribution is -0.435. The van der Waals surface area contributed by atoms with Gasteiger partial charge in [0, 0.05) is 4.88 Å². The third-order valence-corrected chi connectivity index (χ3v) is 5.43. The van der Waals surface area contributed by atoms with Crippen LogP contribution in [0.25, 0.3) is 0 Å². The number of hydrogen-bond acceptors (Lipinski definition) is 4. The van der Waals surface area contributed by atoms with E-state index in [1.165, 1.54) is 13.8 Å². The highest BCUT2D eigenvalue weighted by molar-refractivity contribution is 7.16. The van der Waals surface area contributed by atoms with Gasteiger partial charge in [0.1, 0.15) is 5.00 Å². The van der Waals surface area contributed by atoms with Crippen LogP contribution in [0.15, 0.2) is 0 Å². The maximum Gasteiger partial charge on any atom is 0.460 e. The number of halogens is 13. The van der Waals surface area contributed by atoms with E-state index in [-0.39, 0.29) is 28.4 Å². The molecule has 0 bridgehead atoms. The smallest absolute Gasteiger partial charge is 0.460 e. The summed E-state index contributed by atoms with van der Waals surface area (Å²) < 4.78 is 176. The van der Waals surface area contributed by atoms with Crippen LogP contribution in [-0.2, 0) is 9.53 Å². The number of nitrogens with one attached hydrogen (secondary N) is 1. The lowest BCUT2D eigenvalue weighted by atomic mass is 9.93. The van der Waals surface area contributed by atoms with Gasteiger partial charge in [-0.15, -0.1) is 11.3 Å². The summed E-state index contributed by atoms with van der Waals surface area (Å²) in [5.74, 6) is -43.7. The molecule has 0 saturated heterocycles. The second-order valence-electron chi connectivity index (χ2n) is 6.53. The first-order valence-electron chi connectivity index (χ1n) is 8.47. The van der Waals surface area contributed by atoms with Gasteiger partial charge in [0.15, 0.2) is 0 Å². The molecule has 0 atom stereocenters. The Hall–Kier alpha value is -2.27. The summed E-state index contributed by atoms with van der Waals surface area (Å²) in [4.78, 5) is 23.7. The van der Waals surface area contributed by atoms with Crippen molar-refractivity contribution in [3.63, 3.8) is 0 Å². The first kappa shape index (κ1) is 29.8. The van der Waals surface area contributed by atoms with Crippen molar-refractivity contribution in [3.8, 4) is 0 Å². The lowest BCUT2D eigenvalue weighted by Gasteiger charge is -2.39. The fourth-order valence-corrected chi connectivity index (χ4v) is 3.30. The van der Waals surface area contributed by atoms with Crippen molar-refractivity contribution in [2.24, 2.45) is 0 Å². The van der Waals surface area contributed by atoms with Crippen molar-refractivity contribution < 1.29 is 71.4 Å². The first-order valence-corrected chi connectivity index (χ1v) is 9.29. The lowest BCUT2D eigenvalue weighted by Crippen LogP contribution is -2.71. The summed E-state index contributed by atoms with van der Waals surface area (Å²) in [6, 6.07) is 0.